The molecule has 0 radical (unpaired) electrons. The van der Waals surface area contributed by atoms with Crippen molar-refractivity contribution in [2.75, 3.05) is 11.9 Å². The van der Waals surface area contributed by atoms with Gasteiger partial charge in [0.05, 0.1) is 16.3 Å². The number of nitrogens with zero attached hydrogens (tertiary/aromatic N) is 2. The number of rotatable bonds is 5. The van der Waals surface area contributed by atoms with E-state index in [2.05, 4.69) is 0 Å². The average molecular weight is 455 g/mol. The molecule has 0 bridgehead atoms. The van der Waals surface area contributed by atoms with E-state index >= 15 is 0 Å². The molecule has 3 aromatic carbocycles. The van der Waals surface area contributed by atoms with Crippen molar-refractivity contribution in [2.24, 2.45) is 0 Å². The standard InChI is InChI=1S/C24H17Cl2FN2O2/c1-28(14-15-5-3-2-4-6-15)22-21(16-7-10-18(27)11-8-16)23(30)29(24(22)31)20-13-17(25)9-12-19(20)26/h2-13H,14H2,1H3. The van der Waals surface area contributed by atoms with Crippen molar-refractivity contribution < 1.29 is 14.0 Å². The van der Waals surface area contributed by atoms with E-state index < -0.39 is 17.6 Å². The molecular formula is C24H17Cl2FN2O2. The predicted octanol–water partition coefficient (Wildman–Crippen LogP) is 5.55. The molecule has 0 N–H and O–H groups in total. The highest BCUT2D eigenvalue weighted by Gasteiger charge is 2.42. The first-order chi connectivity index (χ1) is 14.9. The van der Waals surface area contributed by atoms with Gasteiger partial charge in [0.2, 0.25) is 0 Å². The Morgan fingerprint density at radius 3 is 2.26 bits per heavy atom. The Hall–Kier alpha value is -3.15. The number of carbonyl (C=O) groups is 2. The van der Waals surface area contributed by atoms with Crippen LogP contribution in [-0.2, 0) is 16.1 Å². The van der Waals surface area contributed by atoms with Gasteiger partial charge in [0.15, 0.2) is 0 Å². The number of imide groups is 1. The number of amides is 2. The highest BCUT2D eigenvalue weighted by atomic mass is 35.5. The molecule has 4 nitrogen and oxygen atoms in total. The van der Waals surface area contributed by atoms with Crippen molar-refractivity contribution in [3.63, 3.8) is 0 Å². The molecule has 31 heavy (non-hydrogen) atoms. The van der Waals surface area contributed by atoms with Crippen molar-refractivity contribution in [1.29, 1.82) is 0 Å². The number of hydrogen-bond donors (Lipinski definition) is 0. The van der Waals surface area contributed by atoms with Gasteiger partial charge in [0.25, 0.3) is 11.8 Å². The molecule has 1 aliphatic rings. The topological polar surface area (TPSA) is 40.6 Å². The van der Waals surface area contributed by atoms with Gasteiger partial charge in [-0.3, -0.25) is 9.59 Å². The molecule has 0 saturated heterocycles. The van der Waals surface area contributed by atoms with E-state index in [9.17, 15) is 14.0 Å². The molecule has 2 amide bonds. The van der Waals surface area contributed by atoms with Crippen LogP contribution in [0.2, 0.25) is 10.0 Å². The molecule has 0 aromatic heterocycles. The van der Waals surface area contributed by atoms with Gasteiger partial charge >= 0.3 is 0 Å². The summed E-state index contributed by atoms with van der Waals surface area (Å²) in [6.07, 6.45) is 0. The fourth-order valence-corrected chi connectivity index (χ4v) is 3.93. The third-order valence-corrected chi connectivity index (χ3v) is 5.54. The number of hydrogen-bond acceptors (Lipinski definition) is 3. The summed E-state index contributed by atoms with van der Waals surface area (Å²) in [4.78, 5) is 29.7. The fourth-order valence-electron chi connectivity index (χ4n) is 3.56. The zero-order valence-corrected chi connectivity index (χ0v) is 18.0. The SMILES string of the molecule is CN(Cc1ccccc1)C1=C(c2ccc(F)cc2)C(=O)N(c2cc(Cl)ccc2Cl)C1=O. The van der Waals surface area contributed by atoms with E-state index in [1.165, 1.54) is 36.4 Å². The van der Waals surface area contributed by atoms with E-state index in [0.717, 1.165) is 10.5 Å². The lowest BCUT2D eigenvalue weighted by molar-refractivity contribution is -0.120. The van der Waals surface area contributed by atoms with Gasteiger partial charge < -0.3 is 4.90 Å². The lowest BCUT2D eigenvalue weighted by atomic mass is 10.0. The zero-order valence-electron chi connectivity index (χ0n) is 16.5. The van der Waals surface area contributed by atoms with Gasteiger partial charge in [-0.1, -0.05) is 65.7 Å². The first-order valence-corrected chi connectivity index (χ1v) is 10.2. The number of likely N-dealkylation sites (N-methyl/N-ethyl adjacent to an activating group) is 1. The van der Waals surface area contributed by atoms with Crippen LogP contribution in [0.15, 0.2) is 78.5 Å². The van der Waals surface area contributed by atoms with Crippen molar-refractivity contribution in [3.8, 4) is 0 Å². The summed E-state index contributed by atoms with van der Waals surface area (Å²) in [7, 11) is 1.74. The van der Waals surface area contributed by atoms with Crippen LogP contribution in [0.3, 0.4) is 0 Å². The molecule has 0 unspecified atom stereocenters. The lowest BCUT2D eigenvalue weighted by Crippen LogP contribution is -2.34. The number of anilines is 1. The second-order valence-electron chi connectivity index (χ2n) is 7.11. The van der Waals surface area contributed by atoms with Gasteiger partial charge in [-0.2, -0.15) is 0 Å². The van der Waals surface area contributed by atoms with Crippen LogP contribution >= 0.6 is 23.2 Å². The van der Waals surface area contributed by atoms with Crippen LogP contribution in [0, 0.1) is 5.82 Å². The minimum absolute atomic E-state index is 0.180. The molecule has 0 saturated carbocycles. The second-order valence-corrected chi connectivity index (χ2v) is 7.96. The summed E-state index contributed by atoms with van der Waals surface area (Å²) < 4.78 is 13.5. The number of carbonyl (C=O) groups excluding carboxylic acids is 2. The van der Waals surface area contributed by atoms with Crippen LogP contribution in [-0.4, -0.2) is 23.8 Å². The van der Waals surface area contributed by atoms with E-state index in [-0.39, 0.29) is 22.0 Å². The molecule has 4 rings (SSSR count). The maximum Gasteiger partial charge on any atom is 0.282 e. The first-order valence-electron chi connectivity index (χ1n) is 9.46. The van der Waals surface area contributed by atoms with Crippen LogP contribution < -0.4 is 4.90 Å². The third-order valence-electron chi connectivity index (χ3n) is 4.99. The van der Waals surface area contributed by atoms with Crippen LogP contribution in [0.5, 0.6) is 0 Å². The van der Waals surface area contributed by atoms with E-state index in [1.807, 2.05) is 30.3 Å². The van der Waals surface area contributed by atoms with E-state index in [4.69, 9.17) is 23.2 Å². The summed E-state index contributed by atoms with van der Waals surface area (Å²) in [5.41, 5.74) is 1.99. The molecule has 0 spiro atoms. The monoisotopic (exact) mass is 454 g/mol. The predicted molar refractivity (Wildman–Crippen MR) is 120 cm³/mol. The third kappa shape index (κ3) is 4.07. The van der Waals surface area contributed by atoms with E-state index in [1.54, 1.807) is 18.0 Å². The van der Waals surface area contributed by atoms with Crippen molar-refractivity contribution in [1.82, 2.24) is 4.90 Å². The Kier molecular flexibility index (Phi) is 5.81. The van der Waals surface area contributed by atoms with Crippen LogP contribution in [0.1, 0.15) is 11.1 Å². The summed E-state index contributed by atoms with van der Waals surface area (Å²) >= 11 is 12.4. The lowest BCUT2D eigenvalue weighted by Gasteiger charge is -2.22. The molecule has 156 valence electrons. The summed E-state index contributed by atoms with van der Waals surface area (Å²) in [5, 5.41) is 0.561. The highest BCUT2D eigenvalue weighted by molar-refractivity contribution is 6.47. The summed E-state index contributed by atoms with van der Waals surface area (Å²) in [6.45, 7) is 0.400. The Balaban J connectivity index is 1.83. The first kappa shape index (κ1) is 21.1. The van der Waals surface area contributed by atoms with Gasteiger partial charge in [0.1, 0.15) is 11.5 Å². The smallest absolute Gasteiger partial charge is 0.282 e. The Bertz CT molecular complexity index is 1190. The average Bonchev–Trinajstić information content (AvgIpc) is 3.01. The van der Waals surface area contributed by atoms with Gasteiger partial charge in [-0.15, -0.1) is 0 Å². The Labute approximate surface area is 189 Å². The Morgan fingerprint density at radius 1 is 0.903 bits per heavy atom. The van der Waals surface area contributed by atoms with E-state index in [0.29, 0.717) is 17.1 Å². The molecule has 1 heterocycles. The Morgan fingerprint density at radius 2 is 1.58 bits per heavy atom. The number of halogens is 3. The maximum absolute atomic E-state index is 13.5. The number of benzene rings is 3. The molecule has 0 atom stereocenters. The minimum atomic E-state index is -0.546. The van der Waals surface area contributed by atoms with Gasteiger partial charge in [-0.05, 0) is 41.5 Å². The van der Waals surface area contributed by atoms with Crippen LogP contribution in [0.25, 0.3) is 5.57 Å². The van der Waals surface area contributed by atoms with Gasteiger partial charge in [0, 0.05) is 18.6 Å². The van der Waals surface area contributed by atoms with Crippen molar-refractivity contribution >= 4 is 46.3 Å². The highest BCUT2D eigenvalue weighted by Crippen LogP contribution is 2.38. The molecular weight excluding hydrogens is 438 g/mol. The minimum Gasteiger partial charge on any atom is -0.365 e. The fraction of sp³-hybridized carbons (Fsp3) is 0.0833. The summed E-state index contributed by atoms with van der Waals surface area (Å²) in [6, 6.07) is 19.6. The van der Waals surface area contributed by atoms with Crippen molar-refractivity contribution in [3.05, 3.63) is 105 Å². The molecule has 1 aliphatic heterocycles. The normalized spacial score (nSPS) is 13.9. The molecule has 0 aliphatic carbocycles. The molecule has 7 heteroatoms. The van der Waals surface area contributed by atoms with Crippen LogP contribution in [0.4, 0.5) is 10.1 Å². The van der Waals surface area contributed by atoms with Crippen molar-refractivity contribution in [2.45, 2.75) is 6.54 Å². The molecule has 0 fully saturated rings. The maximum atomic E-state index is 13.5. The summed E-state index contributed by atoms with van der Waals surface area (Å²) in [5.74, 6) is -1.50. The van der Waals surface area contributed by atoms with Gasteiger partial charge in [-0.25, -0.2) is 9.29 Å². The zero-order chi connectivity index (χ0) is 22.1. The molecule has 3 aromatic rings. The largest absolute Gasteiger partial charge is 0.365 e. The quantitative estimate of drug-likeness (QED) is 0.474. The second kappa shape index (κ2) is 8.53.